The third kappa shape index (κ3) is 3.88. The number of rotatable bonds is 4. The van der Waals surface area contributed by atoms with Gasteiger partial charge in [0.1, 0.15) is 18.7 Å². The SMILES string of the molecule is Cc1c(C(=O)OCC[N+]2(C)CCCCC2)oc2ccccc12.[Cl-]. The molecule has 1 aliphatic heterocycles. The summed E-state index contributed by atoms with van der Waals surface area (Å²) in [6.07, 6.45) is 3.87. The van der Waals surface area contributed by atoms with Crippen LogP contribution in [0.5, 0.6) is 0 Å². The third-order valence-corrected chi connectivity index (χ3v) is 4.79. The first-order chi connectivity index (χ1) is 10.6. The number of quaternary nitrogens is 1. The molecule has 3 rings (SSSR count). The molecule has 1 fully saturated rings. The monoisotopic (exact) mass is 337 g/mol. The fourth-order valence-electron chi connectivity index (χ4n) is 3.29. The minimum absolute atomic E-state index is 0. The van der Waals surface area contributed by atoms with Gasteiger partial charge in [-0.2, -0.15) is 0 Å². The molecule has 2 heterocycles. The fourth-order valence-corrected chi connectivity index (χ4v) is 3.29. The van der Waals surface area contributed by atoms with Crippen LogP contribution in [0, 0.1) is 6.92 Å². The molecule has 0 saturated carbocycles. The topological polar surface area (TPSA) is 39.4 Å². The van der Waals surface area contributed by atoms with Crippen LogP contribution >= 0.6 is 0 Å². The van der Waals surface area contributed by atoms with Crippen molar-refractivity contribution in [1.82, 2.24) is 0 Å². The number of fused-ring (bicyclic) bond motifs is 1. The van der Waals surface area contributed by atoms with Crippen molar-refractivity contribution in [3.05, 3.63) is 35.6 Å². The van der Waals surface area contributed by atoms with Gasteiger partial charge in [-0.15, -0.1) is 0 Å². The van der Waals surface area contributed by atoms with Gasteiger partial charge in [0.15, 0.2) is 0 Å². The van der Waals surface area contributed by atoms with E-state index in [-0.39, 0.29) is 18.4 Å². The number of hydrogen-bond donors (Lipinski definition) is 0. The van der Waals surface area contributed by atoms with Crippen molar-refractivity contribution in [3.8, 4) is 0 Å². The van der Waals surface area contributed by atoms with Crippen LogP contribution in [0.4, 0.5) is 0 Å². The number of piperidine rings is 1. The Hall–Kier alpha value is -1.52. The molecule has 0 atom stereocenters. The van der Waals surface area contributed by atoms with E-state index in [1.165, 1.54) is 32.4 Å². The second-order valence-electron chi connectivity index (χ2n) is 6.54. The number of para-hydroxylation sites is 1. The lowest BCUT2D eigenvalue weighted by Gasteiger charge is -2.37. The lowest BCUT2D eigenvalue weighted by atomic mass is 10.1. The first-order valence-corrected chi connectivity index (χ1v) is 8.08. The number of nitrogens with zero attached hydrogens (tertiary/aromatic N) is 1. The summed E-state index contributed by atoms with van der Waals surface area (Å²) < 4.78 is 12.1. The van der Waals surface area contributed by atoms with E-state index < -0.39 is 0 Å². The lowest BCUT2D eigenvalue weighted by Crippen LogP contribution is -3.00. The summed E-state index contributed by atoms with van der Waals surface area (Å²) >= 11 is 0. The molecule has 0 unspecified atom stereocenters. The van der Waals surface area contributed by atoms with Gasteiger partial charge in [0.05, 0.1) is 20.1 Å². The molecule has 1 aliphatic rings. The Balaban J connectivity index is 0.00000192. The predicted octanol–water partition coefficient (Wildman–Crippen LogP) is 0.533. The molecule has 2 aromatic rings. The molecule has 0 amide bonds. The Labute approximate surface area is 143 Å². The summed E-state index contributed by atoms with van der Waals surface area (Å²) in [7, 11) is 2.25. The van der Waals surface area contributed by atoms with Gasteiger partial charge in [0, 0.05) is 10.9 Å². The molecule has 0 aliphatic carbocycles. The van der Waals surface area contributed by atoms with Crippen molar-refractivity contribution in [3.63, 3.8) is 0 Å². The molecule has 1 aromatic heterocycles. The van der Waals surface area contributed by atoms with E-state index in [2.05, 4.69) is 7.05 Å². The number of likely N-dealkylation sites (N-methyl/N-ethyl adjacent to an activating group) is 1. The molecule has 0 bridgehead atoms. The van der Waals surface area contributed by atoms with Crippen LogP contribution in [0.2, 0.25) is 0 Å². The average molecular weight is 338 g/mol. The summed E-state index contributed by atoms with van der Waals surface area (Å²) in [5.41, 5.74) is 1.60. The largest absolute Gasteiger partial charge is 1.00 e. The second-order valence-corrected chi connectivity index (χ2v) is 6.54. The maximum absolute atomic E-state index is 12.3. The van der Waals surface area contributed by atoms with Crippen molar-refractivity contribution >= 4 is 16.9 Å². The van der Waals surface area contributed by atoms with E-state index in [0.717, 1.165) is 27.6 Å². The molecule has 4 nitrogen and oxygen atoms in total. The minimum Gasteiger partial charge on any atom is -1.00 e. The Bertz CT molecular complexity index is 674. The summed E-state index contributed by atoms with van der Waals surface area (Å²) in [6, 6.07) is 7.69. The van der Waals surface area contributed by atoms with E-state index in [9.17, 15) is 4.79 Å². The molecule has 0 radical (unpaired) electrons. The molecule has 1 aromatic carbocycles. The minimum atomic E-state index is -0.350. The van der Waals surface area contributed by atoms with Gasteiger partial charge in [-0.1, -0.05) is 18.2 Å². The van der Waals surface area contributed by atoms with Crippen molar-refractivity contribution in [2.75, 3.05) is 33.3 Å². The smallest absolute Gasteiger partial charge is 0.374 e. The van der Waals surface area contributed by atoms with Crippen LogP contribution in [0.1, 0.15) is 35.4 Å². The van der Waals surface area contributed by atoms with Crippen LogP contribution in [0.3, 0.4) is 0 Å². The summed E-state index contributed by atoms with van der Waals surface area (Å²) in [6.45, 7) is 5.60. The van der Waals surface area contributed by atoms with Gasteiger partial charge in [-0.05, 0) is 32.3 Å². The lowest BCUT2D eigenvalue weighted by molar-refractivity contribution is -0.914. The van der Waals surface area contributed by atoms with Gasteiger partial charge >= 0.3 is 5.97 Å². The van der Waals surface area contributed by atoms with E-state index >= 15 is 0 Å². The zero-order chi connectivity index (χ0) is 15.6. The Morgan fingerprint density at radius 1 is 1.22 bits per heavy atom. The van der Waals surface area contributed by atoms with Gasteiger partial charge in [-0.25, -0.2) is 4.79 Å². The quantitative estimate of drug-likeness (QED) is 0.603. The number of aryl methyl sites for hydroxylation is 1. The standard InChI is InChI=1S/C18H24NO3.ClH/c1-14-15-8-4-5-9-16(15)22-17(14)18(20)21-13-12-19(2)10-6-3-7-11-19;/h4-5,8-9H,3,6-7,10-13H2,1-2H3;1H/q+1;/p-1. The highest BCUT2D eigenvalue weighted by molar-refractivity contribution is 5.95. The number of carbonyl (C=O) groups is 1. The van der Waals surface area contributed by atoms with Crippen LogP contribution in [0.15, 0.2) is 28.7 Å². The highest BCUT2D eigenvalue weighted by Crippen LogP contribution is 2.25. The Morgan fingerprint density at radius 3 is 2.61 bits per heavy atom. The molecule has 0 spiro atoms. The molecule has 1 saturated heterocycles. The first-order valence-electron chi connectivity index (χ1n) is 8.08. The normalized spacial score (nSPS) is 16.8. The second kappa shape index (κ2) is 7.37. The number of esters is 1. The number of carbonyl (C=O) groups excluding carboxylic acids is 1. The van der Waals surface area contributed by atoms with Gasteiger partial charge in [0.2, 0.25) is 5.76 Å². The molecule has 126 valence electrons. The van der Waals surface area contributed by atoms with Gasteiger partial charge in [0.25, 0.3) is 0 Å². The van der Waals surface area contributed by atoms with E-state index in [1.807, 2.05) is 31.2 Å². The van der Waals surface area contributed by atoms with E-state index in [1.54, 1.807) is 0 Å². The number of hydrogen-bond acceptors (Lipinski definition) is 3. The highest BCUT2D eigenvalue weighted by Gasteiger charge is 2.25. The average Bonchev–Trinajstić information content (AvgIpc) is 2.85. The zero-order valence-electron chi connectivity index (χ0n) is 13.8. The van der Waals surface area contributed by atoms with Crippen LogP contribution < -0.4 is 12.4 Å². The summed E-state index contributed by atoms with van der Waals surface area (Å²) in [5, 5.41) is 0.976. The number of halogens is 1. The van der Waals surface area contributed by atoms with E-state index in [0.29, 0.717) is 12.4 Å². The van der Waals surface area contributed by atoms with Crippen LogP contribution in [-0.2, 0) is 4.74 Å². The molecular formula is C18H24ClNO3. The van der Waals surface area contributed by atoms with Crippen molar-refractivity contribution in [2.24, 2.45) is 0 Å². The van der Waals surface area contributed by atoms with Crippen molar-refractivity contribution in [2.45, 2.75) is 26.2 Å². The van der Waals surface area contributed by atoms with Crippen molar-refractivity contribution < 1.29 is 30.8 Å². The van der Waals surface area contributed by atoms with Crippen molar-refractivity contribution in [1.29, 1.82) is 0 Å². The zero-order valence-corrected chi connectivity index (χ0v) is 14.6. The Kier molecular flexibility index (Phi) is 5.71. The van der Waals surface area contributed by atoms with Gasteiger partial charge in [-0.3, -0.25) is 0 Å². The molecule has 0 N–H and O–H groups in total. The van der Waals surface area contributed by atoms with Gasteiger partial charge < -0.3 is 26.0 Å². The first kappa shape index (κ1) is 17.8. The fraction of sp³-hybridized carbons (Fsp3) is 0.500. The molecule has 5 heteroatoms. The molecule has 23 heavy (non-hydrogen) atoms. The summed E-state index contributed by atoms with van der Waals surface area (Å²) in [4.78, 5) is 12.3. The number of ether oxygens (including phenoxy) is 1. The number of benzene rings is 1. The molecular weight excluding hydrogens is 314 g/mol. The van der Waals surface area contributed by atoms with Crippen LogP contribution in [-0.4, -0.2) is 43.7 Å². The number of furan rings is 1. The van der Waals surface area contributed by atoms with Crippen LogP contribution in [0.25, 0.3) is 11.0 Å². The Morgan fingerprint density at radius 2 is 1.91 bits per heavy atom. The van der Waals surface area contributed by atoms with E-state index in [4.69, 9.17) is 9.15 Å². The maximum Gasteiger partial charge on any atom is 0.374 e. The maximum atomic E-state index is 12.3. The third-order valence-electron chi connectivity index (χ3n) is 4.79. The predicted molar refractivity (Wildman–Crippen MR) is 85.9 cm³/mol. The highest BCUT2D eigenvalue weighted by atomic mass is 35.5. The number of likely N-dealkylation sites (tertiary alicyclic amines) is 1. The summed E-state index contributed by atoms with van der Waals surface area (Å²) in [5.74, 6) is -0.0141.